The van der Waals surface area contributed by atoms with E-state index in [1.807, 2.05) is 85.2 Å². The number of hydrogen-bond donors (Lipinski definition) is 3. The number of aromatic nitrogens is 4. The molecule has 35 heavy (non-hydrogen) atoms. The van der Waals surface area contributed by atoms with Gasteiger partial charge in [0.2, 0.25) is 5.95 Å². The van der Waals surface area contributed by atoms with Crippen molar-refractivity contribution in [3.05, 3.63) is 54.0 Å². The Kier molecular flexibility index (Phi) is 6.85. The first-order chi connectivity index (χ1) is 16.7. The molecule has 1 saturated heterocycles. The molecule has 0 aliphatic carbocycles. The Morgan fingerprint density at radius 1 is 1.14 bits per heavy atom. The van der Waals surface area contributed by atoms with Crippen LogP contribution in [0.4, 0.5) is 23.1 Å². The van der Waals surface area contributed by atoms with Gasteiger partial charge in [-0.2, -0.15) is 4.98 Å². The topological polar surface area (TPSA) is 134 Å². The number of carbonyl (C=O) groups is 2. The van der Waals surface area contributed by atoms with E-state index >= 15 is 0 Å². The second-order valence-electron chi connectivity index (χ2n) is 8.96. The third kappa shape index (κ3) is 5.34. The van der Waals surface area contributed by atoms with Crippen LogP contribution in [0, 0.1) is 0 Å². The molecule has 4 rings (SSSR count). The second-order valence-corrected chi connectivity index (χ2v) is 8.96. The minimum Gasteiger partial charge on any atom is -0.378 e. The number of anilines is 4. The summed E-state index contributed by atoms with van der Waals surface area (Å²) in [5.41, 5.74) is 7.85. The molecule has 2 amide bonds. The highest BCUT2D eigenvalue weighted by Crippen LogP contribution is 2.25. The summed E-state index contributed by atoms with van der Waals surface area (Å²) < 4.78 is 1.87. The zero-order valence-electron chi connectivity index (χ0n) is 20.4. The Morgan fingerprint density at radius 3 is 2.51 bits per heavy atom. The highest BCUT2D eigenvalue weighted by molar-refractivity contribution is 5.96. The van der Waals surface area contributed by atoms with Crippen molar-refractivity contribution in [2.45, 2.75) is 31.8 Å². The van der Waals surface area contributed by atoms with Gasteiger partial charge in [-0.3, -0.25) is 9.59 Å². The summed E-state index contributed by atoms with van der Waals surface area (Å²) >= 11 is 0. The summed E-state index contributed by atoms with van der Waals surface area (Å²) in [6.07, 6.45) is 5.40. The van der Waals surface area contributed by atoms with Crippen LogP contribution >= 0.6 is 0 Å². The van der Waals surface area contributed by atoms with Crippen molar-refractivity contribution < 1.29 is 9.59 Å². The molecule has 0 unspecified atom stereocenters. The van der Waals surface area contributed by atoms with Crippen LogP contribution in [0.2, 0.25) is 0 Å². The van der Waals surface area contributed by atoms with Crippen LogP contribution in [0.3, 0.4) is 0 Å². The Labute approximate surface area is 204 Å². The van der Waals surface area contributed by atoms with Crippen LogP contribution in [0.15, 0.2) is 42.7 Å². The minimum absolute atomic E-state index is 0.0340. The van der Waals surface area contributed by atoms with Gasteiger partial charge < -0.3 is 30.7 Å². The molecule has 1 aliphatic heterocycles. The lowest BCUT2D eigenvalue weighted by Crippen LogP contribution is -2.54. The van der Waals surface area contributed by atoms with E-state index in [1.54, 1.807) is 0 Å². The van der Waals surface area contributed by atoms with Gasteiger partial charge in [0.05, 0.1) is 5.69 Å². The molecule has 3 heterocycles. The van der Waals surface area contributed by atoms with Crippen molar-refractivity contribution in [2.24, 2.45) is 12.8 Å². The summed E-state index contributed by atoms with van der Waals surface area (Å²) in [6, 6.07) is 9.17. The lowest BCUT2D eigenvalue weighted by molar-refractivity contribution is 0.0923. The summed E-state index contributed by atoms with van der Waals surface area (Å²) in [5, 5.41) is 14.5. The molecule has 0 bridgehead atoms. The van der Waals surface area contributed by atoms with Crippen LogP contribution in [-0.2, 0) is 7.05 Å². The number of nitrogens with two attached hydrogens (primary N) is 1. The highest BCUT2D eigenvalue weighted by Gasteiger charge is 2.32. The fourth-order valence-corrected chi connectivity index (χ4v) is 4.19. The van der Waals surface area contributed by atoms with Crippen LogP contribution in [-0.4, -0.2) is 64.3 Å². The smallest absolute Gasteiger partial charge is 0.273 e. The third-order valence-corrected chi connectivity index (χ3v) is 6.21. The highest BCUT2D eigenvalue weighted by atomic mass is 16.2. The quantitative estimate of drug-likeness (QED) is 0.470. The normalized spacial score (nSPS) is 17.7. The molecule has 11 nitrogen and oxygen atoms in total. The molecule has 0 radical (unpaired) electrons. The molecule has 1 fully saturated rings. The van der Waals surface area contributed by atoms with E-state index in [4.69, 9.17) is 5.73 Å². The van der Waals surface area contributed by atoms with E-state index in [2.05, 4.69) is 25.8 Å². The number of nitrogens with one attached hydrogen (secondary N) is 2. The molecule has 0 spiro atoms. The van der Waals surface area contributed by atoms with E-state index in [1.165, 1.54) is 0 Å². The molecule has 184 valence electrons. The van der Waals surface area contributed by atoms with Crippen molar-refractivity contribution >= 4 is 35.0 Å². The number of rotatable bonds is 7. The number of hydrogen-bond acceptors (Lipinski definition) is 8. The number of benzene rings is 1. The van der Waals surface area contributed by atoms with Crippen molar-refractivity contribution in [2.75, 3.05) is 35.8 Å². The van der Waals surface area contributed by atoms with Gasteiger partial charge in [-0.1, -0.05) is 0 Å². The molecule has 4 N–H and O–H groups in total. The number of piperidine rings is 1. The van der Waals surface area contributed by atoms with Gasteiger partial charge in [-0.25, -0.2) is 0 Å². The number of primary amides is 1. The zero-order chi connectivity index (χ0) is 25.1. The predicted octanol–water partition coefficient (Wildman–Crippen LogP) is 1.91. The first-order valence-corrected chi connectivity index (χ1v) is 11.5. The van der Waals surface area contributed by atoms with E-state index in [0.717, 1.165) is 24.2 Å². The van der Waals surface area contributed by atoms with Gasteiger partial charge in [0.1, 0.15) is 0 Å². The SMILES string of the molecule is C[C@@H]1[C@H](NC(=O)c2ccc(N(C)C)cc2)CCCN1c1nnc(C(N)=O)c(Nc2ccn(C)c2)n1. The van der Waals surface area contributed by atoms with Crippen LogP contribution in [0.25, 0.3) is 0 Å². The van der Waals surface area contributed by atoms with Gasteiger partial charge in [0.15, 0.2) is 11.5 Å². The fourth-order valence-electron chi connectivity index (χ4n) is 4.19. The Hall–Kier alpha value is -4.15. The predicted molar refractivity (Wildman–Crippen MR) is 135 cm³/mol. The Morgan fingerprint density at radius 2 is 1.89 bits per heavy atom. The van der Waals surface area contributed by atoms with Crippen molar-refractivity contribution in [3.8, 4) is 0 Å². The van der Waals surface area contributed by atoms with Crippen molar-refractivity contribution in [1.82, 2.24) is 25.1 Å². The van der Waals surface area contributed by atoms with E-state index in [0.29, 0.717) is 18.1 Å². The first-order valence-electron chi connectivity index (χ1n) is 11.5. The van der Waals surface area contributed by atoms with E-state index < -0.39 is 5.91 Å². The van der Waals surface area contributed by atoms with E-state index in [9.17, 15) is 9.59 Å². The van der Waals surface area contributed by atoms with E-state index in [-0.39, 0.29) is 29.5 Å². The monoisotopic (exact) mass is 477 g/mol. The third-order valence-electron chi connectivity index (χ3n) is 6.21. The maximum atomic E-state index is 12.9. The largest absolute Gasteiger partial charge is 0.378 e. The van der Waals surface area contributed by atoms with Crippen molar-refractivity contribution in [3.63, 3.8) is 0 Å². The minimum atomic E-state index is -0.716. The average Bonchev–Trinajstić information content (AvgIpc) is 3.24. The standard InChI is InChI=1S/C24H31N9O2/c1-15-19(27-23(35)16-7-9-18(10-8-16)31(2)3)6-5-12-33(15)24-28-22(20(21(25)34)29-30-24)26-17-11-13-32(4)14-17/h7-11,13-15,19H,5-6,12H2,1-4H3,(H2,25,34)(H,27,35)(H,26,28,30)/t15-,19-/m1/s1. The summed E-state index contributed by atoms with van der Waals surface area (Å²) in [6.45, 7) is 2.72. The van der Waals surface area contributed by atoms with Crippen LogP contribution in [0.5, 0.6) is 0 Å². The molecule has 1 aromatic carbocycles. The van der Waals surface area contributed by atoms with Gasteiger partial charge >= 0.3 is 0 Å². The lowest BCUT2D eigenvalue weighted by atomic mass is 9.97. The maximum Gasteiger partial charge on any atom is 0.273 e. The van der Waals surface area contributed by atoms with Crippen molar-refractivity contribution in [1.29, 1.82) is 0 Å². The number of aryl methyl sites for hydroxylation is 1. The van der Waals surface area contributed by atoms with Gasteiger partial charge in [-0.15, -0.1) is 10.2 Å². The number of amides is 2. The zero-order valence-corrected chi connectivity index (χ0v) is 20.4. The maximum absolute atomic E-state index is 12.9. The summed E-state index contributed by atoms with van der Waals surface area (Å²) in [5.74, 6) is -0.223. The lowest BCUT2D eigenvalue weighted by Gasteiger charge is -2.39. The molecule has 2 aromatic heterocycles. The molecular weight excluding hydrogens is 446 g/mol. The van der Waals surface area contributed by atoms with Crippen LogP contribution in [0.1, 0.15) is 40.6 Å². The average molecular weight is 478 g/mol. The Bertz CT molecular complexity index is 1210. The summed E-state index contributed by atoms with van der Waals surface area (Å²) in [7, 11) is 5.81. The number of carbonyl (C=O) groups excluding carboxylic acids is 2. The van der Waals surface area contributed by atoms with Gasteiger partial charge in [0.25, 0.3) is 11.8 Å². The summed E-state index contributed by atoms with van der Waals surface area (Å²) in [4.78, 5) is 33.4. The van der Waals surface area contributed by atoms with Gasteiger partial charge in [-0.05, 0) is 50.1 Å². The number of nitrogens with zero attached hydrogens (tertiary/aromatic N) is 6. The fraction of sp³-hybridized carbons (Fsp3) is 0.375. The Balaban J connectivity index is 1.52. The van der Waals surface area contributed by atoms with Gasteiger partial charge in [0, 0.05) is 63.4 Å². The molecule has 3 aromatic rings. The second kappa shape index (κ2) is 10.00. The molecular formula is C24H31N9O2. The van der Waals surface area contributed by atoms with Crippen LogP contribution < -0.4 is 26.2 Å². The molecule has 1 aliphatic rings. The first kappa shape index (κ1) is 24.0. The molecule has 2 atom stereocenters. The molecule has 11 heteroatoms. The molecule has 0 saturated carbocycles.